The maximum Gasteiger partial charge on any atom is 0.129 e. The van der Waals surface area contributed by atoms with Crippen molar-refractivity contribution in [2.75, 3.05) is 6.54 Å². The van der Waals surface area contributed by atoms with Crippen molar-refractivity contribution in [2.45, 2.75) is 19.4 Å². The maximum absolute atomic E-state index is 14.0. The number of halogens is 2. The van der Waals surface area contributed by atoms with Gasteiger partial charge in [-0.25, -0.2) is 14.4 Å². The van der Waals surface area contributed by atoms with Crippen LogP contribution in [0.4, 0.5) is 4.39 Å². The molecular formula is C14H15ClFN3. The zero-order chi connectivity index (χ0) is 13.7. The van der Waals surface area contributed by atoms with Gasteiger partial charge in [-0.05, 0) is 25.1 Å². The second-order valence-corrected chi connectivity index (χ2v) is 4.66. The molecule has 1 atom stereocenters. The second-order valence-electron chi connectivity index (χ2n) is 4.22. The number of benzene rings is 1. The zero-order valence-corrected chi connectivity index (χ0v) is 11.4. The highest BCUT2D eigenvalue weighted by Gasteiger charge is 2.17. The third kappa shape index (κ3) is 3.49. The predicted molar refractivity (Wildman–Crippen MR) is 73.6 cm³/mol. The monoisotopic (exact) mass is 279 g/mol. The van der Waals surface area contributed by atoms with Crippen LogP contribution in [0.5, 0.6) is 0 Å². The maximum atomic E-state index is 14.0. The first-order valence-electron chi connectivity index (χ1n) is 6.15. The Hall–Kier alpha value is -1.52. The minimum absolute atomic E-state index is 0.265. The molecule has 1 heterocycles. The van der Waals surface area contributed by atoms with Gasteiger partial charge in [0.25, 0.3) is 0 Å². The quantitative estimate of drug-likeness (QED) is 0.912. The van der Waals surface area contributed by atoms with Crippen LogP contribution in [0.15, 0.2) is 36.9 Å². The van der Waals surface area contributed by atoms with Gasteiger partial charge in [-0.3, -0.25) is 0 Å². The van der Waals surface area contributed by atoms with E-state index in [2.05, 4.69) is 22.2 Å². The minimum atomic E-state index is -0.329. The Kier molecular flexibility index (Phi) is 4.82. The van der Waals surface area contributed by atoms with E-state index in [-0.39, 0.29) is 11.9 Å². The lowest BCUT2D eigenvalue weighted by molar-refractivity contribution is 0.545. The van der Waals surface area contributed by atoms with Crippen molar-refractivity contribution in [3.63, 3.8) is 0 Å². The van der Waals surface area contributed by atoms with E-state index < -0.39 is 0 Å². The number of rotatable bonds is 5. The standard InChI is InChI=1S/C14H15ClFN3/c1-2-5-19-14(10-7-17-9-18-8-10)12-4-3-11(15)6-13(12)16/h3-4,6-9,14,19H,2,5H2,1H3. The van der Waals surface area contributed by atoms with Gasteiger partial charge in [0.05, 0.1) is 6.04 Å². The van der Waals surface area contributed by atoms with Crippen molar-refractivity contribution < 1.29 is 4.39 Å². The molecule has 2 aromatic rings. The van der Waals surface area contributed by atoms with Gasteiger partial charge in [-0.2, -0.15) is 0 Å². The number of nitrogens with zero attached hydrogens (tertiary/aromatic N) is 2. The molecule has 100 valence electrons. The highest BCUT2D eigenvalue weighted by molar-refractivity contribution is 6.30. The average molecular weight is 280 g/mol. The van der Waals surface area contributed by atoms with E-state index in [9.17, 15) is 4.39 Å². The SMILES string of the molecule is CCCNC(c1cncnc1)c1ccc(Cl)cc1F. The lowest BCUT2D eigenvalue weighted by Crippen LogP contribution is -2.24. The van der Waals surface area contributed by atoms with Gasteiger partial charge in [-0.15, -0.1) is 0 Å². The van der Waals surface area contributed by atoms with E-state index in [0.717, 1.165) is 18.5 Å². The van der Waals surface area contributed by atoms with E-state index in [1.807, 2.05) is 0 Å². The molecule has 0 aliphatic carbocycles. The van der Waals surface area contributed by atoms with Crippen LogP contribution in [0.1, 0.15) is 30.5 Å². The van der Waals surface area contributed by atoms with E-state index in [1.54, 1.807) is 24.5 Å². The number of nitrogens with one attached hydrogen (secondary N) is 1. The molecule has 0 saturated heterocycles. The van der Waals surface area contributed by atoms with Crippen LogP contribution in [0, 0.1) is 5.82 Å². The highest BCUT2D eigenvalue weighted by atomic mass is 35.5. The highest BCUT2D eigenvalue weighted by Crippen LogP contribution is 2.25. The molecular weight excluding hydrogens is 265 g/mol. The summed E-state index contributed by atoms with van der Waals surface area (Å²) in [5, 5.41) is 3.69. The van der Waals surface area contributed by atoms with Gasteiger partial charge in [0.1, 0.15) is 12.1 Å². The summed E-state index contributed by atoms with van der Waals surface area (Å²) in [6.07, 6.45) is 5.79. The van der Waals surface area contributed by atoms with Crippen LogP contribution in [0.25, 0.3) is 0 Å². The van der Waals surface area contributed by atoms with Gasteiger partial charge >= 0.3 is 0 Å². The molecule has 0 bridgehead atoms. The summed E-state index contributed by atoms with van der Waals surface area (Å²) >= 11 is 5.79. The molecule has 1 unspecified atom stereocenters. The zero-order valence-electron chi connectivity index (χ0n) is 10.6. The number of hydrogen-bond acceptors (Lipinski definition) is 3. The fourth-order valence-corrected chi connectivity index (χ4v) is 2.05. The first kappa shape index (κ1) is 13.9. The third-order valence-electron chi connectivity index (χ3n) is 2.79. The molecule has 3 nitrogen and oxygen atoms in total. The van der Waals surface area contributed by atoms with E-state index in [0.29, 0.717) is 10.6 Å². The molecule has 5 heteroatoms. The third-order valence-corrected chi connectivity index (χ3v) is 3.02. The minimum Gasteiger partial charge on any atom is -0.306 e. The molecule has 0 aliphatic rings. The topological polar surface area (TPSA) is 37.8 Å². The van der Waals surface area contributed by atoms with Crippen LogP contribution in [0.3, 0.4) is 0 Å². The fourth-order valence-electron chi connectivity index (χ4n) is 1.89. The Morgan fingerprint density at radius 1 is 1.32 bits per heavy atom. The van der Waals surface area contributed by atoms with Crippen molar-refractivity contribution in [3.05, 3.63) is 58.9 Å². The lowest BCUT2D eigenvalue weighted by atomic mass is 10.0. The molecule has 19 heavy (non-hydrogen) atoms. The number of hydrogen-bond donors (Lipinski definition) is 1. The molecule has 0 radical (unpaired) electrons. The summed E-state index contributed by atoms with van der Waals surface area (Å²) in [5.74, 6) is -0.329. The first-order valence-corrected chi connectivity index (χ1v) is 6.53. The van der Waals surface area contributed by atoms with Crippen LogP contribution >= 0.6 is 11.6 Å². The largest absolute Gasteiger partial charge is 0.306 e. The average Bonchev–Trinajstić information content (AvgIpc) is 2.42. The normalized spacial score (nSPS) is 12.4. The smallest absolute Gasteiger partial charge is 0.129 e. The Labute approximate surface area is 116 Å². The Bertz CT molecular complexity index is 533. The van der Waals surface area contributed by atoms with Crippen LogP contribution in [-0.4, -0.2) is 16.5 Å². The van der Waals surface area contributed by atoms with E-state index >= 15 is 0 Å². The Balaban J connectivity index is 2.37. The molecule has 1 N–H and O–H groups in total. The van der Waals surface area contributed by atoms with Crippen molar-refractivity contribution >= 4 is 11.6 Å². The van der Waals surface area contributed by atoms with E-state index in [4.69, 9.17) is 11.6 Å². The van der Waals surface area contributed by atoms with Gasteiger partial charge in [0.2, 0.25) is 0 Å². The van der Waals surface area contributed by atoms with Crippen LogP contribution < -0.4 is 5.32 Å². The second kappa shape index (κ2) is 6.59. The van der Waals surface area contributed by atoms with Crippen molar-refractivity contribution in [1.82, 2.24) is 15.3 Å². The predicted octanol–water partition coefficient (Wildman–Crippen LogP) is 3.36. The van der Waals surface area contributed by atoms with Crippen LogP contribution in [-0.2, 0) is 0 Å². The molecule has 0 spiro atoms. The Morgan fingerprint density at radius 2 is 2.05 bits per heavy atom. The molecule has 0 aliphatic heterocycles. The summed E-state index contributed by atoms with van der Waals surface area (Å²) in [4.78, 5) is 7.97. The molecule has 0 fully saturated rings. The Morgan fingerprint density at radius 3 is 2.68 bits per heavy atom. The fraction of sp³-hybridized carbons (Fsp3) is 0.286. The van der Waals surface area contributed by atoms with Crippen molar-refractivity contribution in [3.8, 4) is 0 Å². The van der Waals surface area contributed by atoms with E-state index in [1.165, 1.54) is 12.4 Å². The summed E-state index contributed by atoms with van der Waals surface area (Å²) in [5.41, 5.74) is 1.38. The van der Waals surface area contributed by atoms with Gasteiger partial charge in [-0.1, -0.05) is 24.6 Å². The molecule has 0 amide bonds. The van der Waals surface area contributed by atoms with Crippen molar-refractivity contribution in [1.29, 1.82) is 0 Å². The number of aromatic nitrogens is 2. The first-order chi connectivity index (χ1) is 9.22. The van der Waals surface area contributed by atoms with Crippen molar-refractivity contribution in [2.24, 2.45) is 0 Å². The molecule has 2 rings (SSSR count). The summed E-state index contributed by atoms with van der Waals surface area (Å²) in [6, 6.07) is 4.43. The molecule has 1 aromatic heterocycles. The van der Waals surface area contributed by atoms with Gasteiger partial charge in [0.15, 0.2) is 0 Å². The van der Waals surface area contributed by atoms with Gasteiger partial charge < -0.3 is 5.32 Å². The molecule has 1 aromatic carbocycles. The lowest BCUT2D eigenvalue weighted by Gasteiger charge is -2.19. The summed E-state index contributed by atoms with van der Waals surface area (Å²) in [6.45, 7) is 2.84. The van der Waals surface area contributed by atoms with Gasteiger partial charge in [0, 0.05) is 28.5 Å². The van der Waals surface area contributed by atoms with Crippen LogP contribution in [0.2, 0.25) is 5.02 Å². The molecule has 0 saturated carbocycles. The summed E-state index contributed by atoms with van der Waals surface area (Å²) < 4.78 is 14.0. The summed E-state index contributed by atoms with van der Waals surface area (Å²) in [7, 11) is 0.